The van der Waals surface area contributed by atoms with Crippen molar-refractivity contribution in [3.05, 3.63) is 12.2 Å². The maximum absolute atomic E-state index is 10.1. The molecule has 0 unspecified atom stereocenters. The van der Waals surface area contributed by atoms with E-state index in [0.29, 0.717) is 6.42 Å². The summed E-state index contributed by atoms with van der Waals surface area (Å²) in [5, 5.41) is 10.1. The van der Waals surface area contributed by atoms with Crippen molar-refractivity contribution in [3.8, 4) is 0 Å². The molecule has 0 fully saturated rings. The van der Waals surface area contributed by atoms with Crippen LogP contribution in [0.5, 0.6) is 0 Å². The van der Waals surface area contributed by atoms with Crippen LogP contribution in [0.25, 0.3) is 0 Å². The number of carboxylic acids is 1. The Balaban J connectivity index is 0. The van der Waals surface area contributed by atoms with Crippen molar-refractivity contribution in [1.29, 1.82) is 0 Å². The first kappa shape index (κ1) is 19.3. The van der Waals surface area contributed by atoms with Crippen LogP contribution in [0.1, 0.15) is 71.1 Å². The van der Waals surface area contributed by atoms with Gasteiger partial charge in [-0.2, -0.15) is 0 Å². The summed E-state index contributed by atoms with van der Waals surface area (Å²) in [5.74, 6) is -0.958. The van der Waals surface area contributed by atoms with E-state index < -0.39 is 5.97 Å². The van der Waals surface area contributed by atoms with E-state index in [4.69, 9.17) is 0 Å². The van der Waals surface area contributed by atoms with Gasteiger partial charge in [0.15, 0.2) is 0 Å². The van der Waals surface area contributed by atoms with Crippen molar-refractivity contribution in [1.82, 2.24) is 0 Å². The molecule has 0 bridgehead atoms. The van der Waals surface area contributed by atoms with E-state index in [1.807, 2.05) is 6.08 Å². The molecule has 0 amide bonds. The van der Waals surface area contributed by atoms with Gasteiger partial charge in [-0.05, 0) is 25.7 Å². The summed E-state index contributed by atoms with van der Waals surface area (Å²) in [4.78, 5) is 10.1. The van der Waals surface area contributed by atoms with Gasteiger partial charge in [-0.15, -0.1) is 0 Å². The molecule has 0 rings (SSSR count). The maximum Gasteiger partial charge on any atom is 1.00 e. The molecular weight excluding hydrogens is 308 g/mol. The molecule has 0 aliphatic carbocycles. The minimum atomic E-state index is -0.958. The van der Waals surface area contributed by atoms with Crippen molar-refractivity contribution in [2.75, 3.05) is 0 Å². The maximum atomic E-state index is 10.1. The van der Waals surface area contributed by atoms with Crippen molar-refractivity contribution in [3.63, 3.8) is 0 Å². The van der Waals surface area contributed by atoms with Crippen molar-refractivity contribution >= 4 is 5.97 Å². The average Bonchev–Trinajstić information content (AvgIpc) is 2.25. The zero-order chi connectivity index (χ0) is 12.1. The van der Waals surface area contributed by atoms with E-state index in [0.717, 1.165) is 6.42 Å². The third-order valence-corrected chi connectivity index (χ3v) is 2.66. The molecule has 3 heteroatoms. The fourth-order valence-corrected chi connectivity index (χ4v) is 1.66. The number of hydrogen-bond donors (Lipinski definition) is 0. The second kappa shape index (κ2) is 16.0. The van der Waals surface area contributed by atoms with E-state index in [2.05, 4.69) is 13.0 Å². The molecular formula is C14H25AgO2. The topological polar surface area (TPSA) is 40.1 Å². The number of unbranched alkanes of at least 4 members (excludes halogenated alkanes) is 7. The first-order valence-corrected chi connectivity index (χ1v) is 6.62. The Morgan fingerprint density at radius 3 is 2.06 bits per heavy atom. The first-order valence-electron chi connectivity index (χ1n) is 6.62. The third-order valence-electron chi connectivity index (χ3n) is 2.66. The summed E-state index contributed by atoms with van der Waals surface area (Å²) in [7, 11) is 0. The molecule has 0 aromatic rings. The number of carbonyl (C=O) groups is 1. The van der Waals surface area contributed by atoms with Gasteiger partial charge >= 0.3 is 22.4 Å². The Bertz CT molecular complexity index is 191. The van der Waals surface area contributed by atoms with Crippen molar-refractivity contribution in [2.24, 2.45) is 0 Å². The van der Waals surface area contributed by atoms with Gasteiger partial charge in [0.25, 0.3) is 0 Å². The molecule has 0 heterocycles. The fourth-order valence-electron chi connectivity index (χ4n) is 1.66. The zero-order valence-corrected chi connectivity index (χ0v) is 12.3. The second-order valence-corrected chi connectivity index (χ2v) is 4.29. The van der Waals surface area contributed by atoms with Crippen molar-refractivity contribution in [2.45, 2.75) is 71.1 Å². The van der Waals surface area contributed by atoms with Crippen LogP contribution in [0.2, 0.25) is 0 Å². The summed E-state index contributed by atoms with van der Waals surface area (Å²) < 4.78 is 0. The van der Waals surface area contributed by atoms with Crippen LogP contribution in [0.4, 0.5) is 0 Å². The predicted molar refractivity (Wildman–Crippen MR) is 66.0 cm³/mol. The second-order valence-electron chi connectivity index (χ2n) is 4.29. The van der Waals surface area contributed by atoms with Crippen molar-refractivity contribution < 1.29 is 32.3 Å². The van der Waals surface area contributed by atoms with Crippen LogP contribution in [0, 0.1) is 0 Å². The number of carbonyl (C=O) groups excluding carboxylic acids is 1. The Labute approximate surface area is 121 Å². The Morgan fingerprint density at radius 1 is 0.941 bits per heavy atom. The normalized spacial score (nSPS) is 10.4. The smallest absolute Gasteiger partial charge is 0.550 e. The minimum absolute atomic E-state index is 0. The van der Waals surface area contributed by atoms with E-state index in [1.165, 1.54) is 44.9 Å². The fraction of sp³-hybridized carbons (Fsp3) is 0.786. The Hall–Kier alpha value is -0.0497. The molecule has 0 radical (unpaired) electrons. The number of aliphatic carboxylic acids is 1. The average molecular weight is 333 g/mol. The van der Waals surface area contributed by atoms with Gasteiger partial charge in [-0.3, -0.25) is 0 Å². The molecule has 0 N–H and O–H groups in total. The Kier molecular flexibility index (Phi) is 18.1. The summed E-state index contributed by atoms with van der Waals surface area (Å²) in [6, 6.07) is 0. The molecule has 104 valence electrons. The van der Waals surface area contributed by atoms with Gasteiger partial charge in [0, 0.05) is 5.97 Å². The number of hydrogen-bond acceptors (Lipinski definition) is 2. The van der Waals surface area contributed by atoms with Gasteiger partial charge in [0.1, 0.15) is 0 Å². The molecule has 0 aromatic carbocycles. The van der Waals surface area contributed by atoms with E-state index >= 15 is 0 Å². The Morgan fingerprint density at radius 2 is 1.47 bits per heavy atom. The molecule has 0 aliphatic rings. The summed E-state index contributed by atoms with van der Waals surface area (Å²) in [6.45, 7) is 2.23. The van der Waals surface area contributed by atoms with Gasteiger partial charge in [0.05, 0.1) is 0 Å². The van der Waals surface area contributed by atoms with Crippen LogP contribution in [0.15, 0.2) is 12.2 Å². The molecule has 0 aromatic heterocycles. The molecule has 0 spiro atoms. The molecule has 2 nitrogen and oxygen atoms in total. The summed E-state index contributed by atoms with van der Waals surface area (Å²) in [5.41, 5.74) is 0. The van der Waals surface area contributed by atoms with Crippen LogP contribution in [-0.4, -0.2) is 5.97 Å². The molecule has 17 heavy (non-hydrogen) atoms. The first-order chi connectivity index (χ1) is 7.77. The van der Waals surface area contributed by atoms with Gasteiger partial charge in [-0.25, -0.2) is 0 Å². The summed E-state index contributed by atoms with van der Waals surface area (Å²) >= 11 is 0. The van der Waals surface area contributed by atoms with Crippen LogP contribution in [-0.2, 0) is 27.2 Å². The molecule has 0 atom stereocenters. The zero-order valence-electron chi connectivity index (χ0n) is 10.8. The van der Waals surface area contributed by atoms with E-state index in [9.17, 15) is 9.90 Å². The number of carboxylic acid groups (broad SMARTS) is 1. The molecule has 0 saturated carbocycles. The van der Waals surface area contributed by atoms with Crippen LogP contribution >= 0.6 is 0 Å². The summed E-state index contributed by atoms with van der Waals surface area (Å²) in [6.07, 6.45) is 15.2. The van der Waals surface area contributed by atoms with Crippen LogP contribution < -0.4 is 5.11 Å². The number of rotatable bonds is 11. The SMILES string of the molecule is CCCCCCCCCC=CCCC(=O)[O-].[Ag+]. The van der Waals surface area contributed by atoms with Gasteiger partial charge in [0.2, 0.25) is 0 Å². The van der Waals surface area contributed by atoms with Gasteiger partial charge < -0.3 is 9.90 Å². The minimum Gasteiger partial charge on any atom is -0.550 e. The van der Waals surface area contributed by atoms with E-state index in [1.54, 1.807) is 0 Å². The largest absolute Gasteiger partial charge is 1.00 e. The monoisotopic (exact) mass is 332 g/mol. The van der Waals surface area contributed by atoms with E-state index in [-0.39, 0.29) is 28.8 Å². The quantitative estimate of drug-likeness (QED) is 0.331. The van der Waals surface area contributed by atoms with Crippen LogP contribution in [0.3, 0.4) is 0 Å². The van der Waals surface area contributed by atoms with Gasteiger partial charge in [-0.1, -0.05) is 57.6 Å². The third kappa shape index (κ3) is 18.5. The number of allylic oxidation sites excluding steroid dienone is 2. The predicted octanol–water partition coefficient (Wildman–Crippen LogP) is 3.21. The standard InChI is InChI=1S/C14H26O2.Ag/c1-2-3-4-5-6-7-8-9-10-11-12-13-14(15)16;/h10-11H,2-9,12-13H2,1H3,(H,15,16);/q;+1/p-1. The molecule has 0 saturated heterocycles. The molecule has 0 aliphatic heterocycles.